The van der Waals surface area contributed by atoms with Crippen LogP contribution in [0.2, 0.25) is 5.15 Å². The Kier molecular flexibility index (Phi) is 1.62. The van der Waals surface area contributed by atoms with Gasteiger partial charge in [0, 0.05) is 10.7 Å². The van der Waals surface area contributed by atoms with Crippen LogP contribution in [-0.4, -0.2) is 9.38 Å². The number of hydrogen-bond donors (Lipinski definition) is 0. The summed E-state index contributed by atoms with van der Waals surface area (Å²) < 4.78 is 2.88. The second-order valence-corrected chi connectivity index (χ2v) is 3.45. The molecule has 0 aliphatic carbocycles. The van der Waals surface area contributed by atoms with Crippen LogP contribution in [0.15, 0.2) is 29.1 Å². The summed E-state index contributed by atoms with van der Waals surface area (Å²) in [6.45, 7) is 0. The van der Waals surface area contributed by atoms with Gasteiger partial charge in [0.25, 0.3) is 0 Å². The van der Waals surface area contributed by atoms with Crippen molar-refractivity contribution in [3.05, 3.63) is 34.3 Å². The van der Waals surface area contributed by atoms with Crippen LogP contribution < -0.4 is 0 Å². The largest absolute Gasteiger partial charge is 0.305 e. The highest BCUT2D eigenvalue weighted by molar-refractivity contribution is 9.10. The predicted molar refractivity (Wildman–Crippen MR) is 47.9 cm³/mol. The van der Waals surface area contributed by atoms with Crippen LogP contribution in [0.1, 0.15) is 0 Å². The summed E-state index contributed by atoms with van der Waals surface area (Å²) in [4.78, 5) is 3.94. The number of fused-ring (bicyclic) bond motifs is 1. The molecule has 0 aliphatic rings. The van der Waals surface area contributed by atoms with Gasteiger partial charge in [-0.25, -0.2) is 4.98 Å². The van der Waals surface area contributed by atoms with E-state index >= 15 is 0 Å². The third kappa shape index (κ3) is 1.14. The van der Waals surface area contributed by atoms with Crippen molar-refractivity contribution in [3.63, 3.8) is 0 Å². The van der Waals surface area contributed by atoms with Crippen molar-refractivity contribution in [2.75, 3.05) is 0 Å². The van der Waals surface area contributed by atoms with E-state index in [9.17, 15) is 0 Å². The van der Waals surface area contributed by atoms with E-state index in [2.05, 4.69) is 20.9 Å². The third-order valence-electron chi connectivity index (χ3n) is 1.45. The minimum Gasteiger partial charge on any atom is -0.305 e. The van der Waals surface area contributed by atoms with Gasteiger partial charge in [-0.2, -0.15) is 0 Å². The number of aromatic nitrogens is 2. The van der Waals surface area contributed by atoms with Crippen molar-refractivity contribution >= 4 is 33.0 Å². The molecule has 0 saturated carbocycles. The Balaban J connectivity index is 2.87. The summed E-state index contributed by atoms with van der Waals surface area (Å²) in [5, 5.41) is 0.534. The number of nitrogens with zero attached hydrogens (tertiary/aromatic N) is 2. The molecule has 0 spiro atoms. The molecule has 0 saturated heterocycles. The molecule has 2 rings (SSSR count). The smallest absolute Gasteiger partial charge is 0.154 e. The van der Waals surface area contributed by atoms with Crippen molar-refractivity contribution in [3.8, 4) is 0 Å². The lowest BCUT2D eigenvalue weighted by Crippen LogP contribution is -1.78. The molecule has 0 aliphatic heterocycles. The van der Waals surface area contributed by atoms with E-state index in [1.54, 1.807) is 6.33 Å². The van der Waals surface area contributed by atoms with Gasteiger partial charge in [-0.05, 0) is 12.1 Å². The molecule has 2 heterocycles. The van der Waals surface area contributed by atoms with E-state index in [0.29, 0.717) is 5.15 Å². The number of imidazole rings is 1. The van der Waals surface area contributed by atoms with Crippen molar-refractivity contribution < 1.29 is 0 Å². The maximum absolute atomic E-state index is 5.79. The van der Waals surface area contributed by atoms with Gasteiger partial charge in [-0.1, -0.05) is 27.5 Å². The van der Waals surface area contributed by atoms with E-state index in [0.717, 1.165) is 9.99 Å². The fourth-order valence-electron chi connectivity index (χ4n) is 0.931. The predicted octanol–water partition coefficient (Wildman–Crippen LogP) is 2.75. The van der Waals surface area contributed by atoms with E-state index in [4.69, 9.17) is 11.6 Å². The highest BCUT2D eigenvalue weighted by Crippen LogP contribution is 2.18. The Hall–Kier alpha value is -0.540. The average molecular weight is 231 g/mol. The van der Waals surface area contributed by atoms with E-state index in [1.807, 2.05) is 22.7 Å². The first kappa shape index (κ1) is 7.13. The fourth-order valence-corrected chi connectivity index (χ4v) is 1.46. The summed E-state index contributed by atoms with van der Waals surface area (Å²) in [5.74, 6) is 0. The summed E-state index contributed by atoms with van der Waals surface area (Å²) in [7, 11) is 0. The molecule has 0 aromatic carbocycles. The van der Waals surface area contributed by atoms with Crippen LogP contribution >= 0.6 is 27.5 Å². The molecular formula is C7H4BrClN2. The Labute approximate surface area is 76.9 Å². The number of hydrogen-bond acceptors (Lipinski definition) is 1. The molecule has 11 heavy (non-hydrogen) atoms. The highest BCUT2D eigenvalue weighted by atomic mass is 79.9. The SMILES string of the molecule is Clc1ncn2ccc(Br)cc12. The summed E-state index contributed by atoms with van der Waals surface area (Å²) in [6, 6.07) is 3.86. The number of pyridine rings is 1. The normalized spacial score (nSPS) is 10.7. The first-order valence-corrected chi connectivity index (χ1v) is 4.22. The van der Waals surface area contributed by atoms with Gasteiger partial charge in [0.1, 0.15) is 6.33 Å². The molecule has 2 aromatic heterocycles. The zero-order chi connectivity index (χ0) is 7.84. The first-order chi connectivity index (χ1) is 5.27. The van der Waals surface area contributed by atoms with Gasteiger partial charge in [-0.15, -0.1) is 0 Å². The monoisotopic (exact) mass is 230 g/mol. The first-order valence-electron chi connectivity index (χ1n) is 3.05. The van der Waals surface area contributed by atoms with Crippen molar-refractivity contribution in [2.24, 2.45) is 0 Å². The van der Waals surface area contributed by atoms with Crippen LogP contribution in [0.4, 0.5) is 0 Å². The van der Waals surface area contributed by atoms with Gasteiger partial charge >= 0.3 is 0 Å². The Bertz CT molecular complexity index is 396. The maximum atomic E-state index is 5.79. The molecule has 2 aromatic rings. The lowest BCUT2D eigenvalue weighted by molar-refractivity contribution is 1.15. The molecule has 0 radical (unpaired) electrons. The zero-order valence-corrected chi connectivity index (χ0v) is 7.80. The van der Waals surface area contributed by atoms with Crippen molar-refractivity contribution in [1.82, 2.24) is 9.38 Å². The molecule has 0 atom stereocenters. The molecule has 0 N–H and O–H groups in total. The number of rotatable bonds is 0. The summed E-state index contributed by atoms with van der Waals surface area (Å²) in [5.41, 5.74) is 0.918. The average Bonchev–Trinajstić information content (AvgIpc) is 2.33. The molecule has 0 fully saturated rings. The van der Waals surface area contributed by atoms with Gasteiger partial charge in [0.2, 0.25) is 0 Å². The zero-order valence-electron chi connectivity index (χ0n) is 5.46. The minimum absolute atomic E-state index is 0.534. The van der Waals surface area contributed by atoms with Crippen LogP contribution in [0.3, 0.4) is 0 Å². The van der Waals surface area contributed by atoms with Crippen LogP contribution in [0.5, 0.6) is 0 Å². The quantitative estimate of drug-likeness (QED) is 0.681. The van der Waals surface area contributed by atoms with Crippen LogP contribution in [-0.2, 0) is 0 Å². The Morgan fingerprint density at radius 1 is 1.55 bits per heavy atom. The Morgan fingerprint density at radius 2 is 2.36 bits per heavy atom. The molecule has 56 valence electrons. The summed E-state index contributed by atoms with van der Waals surface area (Å²) >= 11 is 9.14. The van der Waals surface area contributed by atoms with Crippen molar-refractivity contribution in [1.29, 1.82) is 0 Å². The van der Waals surface area contributed by atoms with Crippen LogP contribution in [0, 0.1) is 0 Å². The highest BCUT2D eigenvalue weighted by Gasteiger charge is 1.99. The molecule has 0 bridgehead atoms. The topological polar surface area (TPSA) is 17.3 Å². The number of halogens is 2. The lowest BCUT2D eigenvalue weighted by Gasteiger charge is -1.92. The van der Waals surface area contributed by atoms with E-state index in [-0.39, 0.29) is 0 Å². The molecule has 2 nitrogen and oxygen atoms in total. The van der Waals surface area contributed by atoms with Gasteiger partial charge in [0.15, 0.2) is 5.15 Å². The van der Waals surface area contributed by atoms with Crippen LogP contribution in [0.25, 0.3) is 5.52 Å². The fraction of sp³-hybridized carbons (Fsp3) is 0. The van der Waals surface area contributed by atoms with E-state index < -0.39 is 0 Å². The van der Waals surface area contributed by atoms with E-state index in [1.165, 1.54) is 0 Å². The molecule has 4 heteroatoms. The van der Waals surface area contributed by atoms with Crippen molar-refractivity contribution in [2.45, 2.75) is 0 Å². The molecule has 0 unspecified atom stereocenters. The molecular weight excluding hydrogens is 227 g/mol. The Morgan fingerprint density at radius 3 is 3.18 bits per heavy atom. The standard InChI is InChI=1S/C7H4BrClN2/c8-5-1-2-11-4-10-7(9)6(11)3-5/h1-4H. The maximum Gasteiger partial charge on any atom is 0.154 e. The minimum atomic E-state index is 0.534. The third-order valence-corrected chi connectivity index (χ3v) is 2.24. The lowest BCUT2D eigenvalue weighted by atomic mass is 10.4. The second kappa shape index (κ2) is 2.50. The van der Waals surface area contributed by atoms with Gasteiger partial charge in [0.05, 0.1) is 5.52 Å². The second-order valence-electron chi connectivity index (χ2n) is 2.17. The van der Waals surface area contributed by atoms with Gasteiger partial charge in [-0.3, -0.25) is 0 Å². The molecule has 0 amide bonds. The summed E-state index contributed by atoms with van der Waals surface area (Å²) in [6.07, 6.45) is 3.59. The van der Waals surface area contributed by atoms with Gasteiger partial charge < -0.3 is 4.40 Å².